The van der Waals surface area contributed by atoms with Crippen LogP contribution in [-0.2, 0) is 11.3 Å². The lowest BCUT2D eigenvalue weighted by Crippen LogP contribution is -2.50. The molecule has 0 saturated carbocycles. The maximum absolute atomic E-state index is 13.3. The molecule has 8 nitrogen and oxygen atoms in total. The van der Waals surface area contributed by atoms with Crippen LogP contribution in [0.1, 0.15) is 18.4 Å². The molecule has 1 aromatic carbocycles. The molecule has 9 heteroatoms. The molecule has 2 saturated heterocycles. The molecule has 0 aliphatic carbocycles. The quantitative estimate of drug-likeness (QED) is 0.533. The number of pyridine rings is 1. The predicted molar refractivity (Wildman–Crippen MR) is 140 cm³/mol. The third-order valence-electron chi connectivity index (χ3n) is 7.06. The van der Waals surface area contributed by atoms with E-state index in [9.17, 15) is 4.79 Å². The Morgan fingerprint density at radius 3 is 2.74 bits per heavy atom. The number of aryl methyl sites for hydroxylation is 1. The van der Waals surface area contributed by atoms with Gasteiger partial charge in [0.15, 0.2) is 10.6 Å². The van der Waals surface area contributed by atoms with Crippen LogP contribution in [0.2, 0.25) is 0 Å². The van der Waals surface area contributed by atoms with Crippen LogP contribution in [0.5, 0.6) is 0 Å². The van der Waals surface area contributed by atoms with Crippen LogP contribution in [0, 0.1) is 17.6 Å². The maximum Gasteiger partial charge on any atom is 0.242 e. The van der Waals surface area contributed by atoms with E-state index in [0.717, 1.165) is 69.2 Å². The molecule has 1 unspecified atom stereocenters. The van der Waals surface area contributed by atoms with Gasteiger partial charge in [0.2, 0.25) is 5.91 Å². The number of hydrogen-bond acceptors (Lipinski definition) is 6. The highest BCUT2D eigenvalue weighted by molar-refractivity contribution is 7.71. The molecule has 0 radical (unpaired) electrons. The van der Waals surface area contributed by atoms with Gasteiger partial charge in [0.05, 0.1) is 0 Å². The van der Waals surface area contributed by atoms with Crippen molar-refractivity contribution in [1.82, 2.24) is 29.5 Å². The summed E-state index contributed by atoms with van der Waals surface area (Å²) in [6.45, 7) is 8.98. The van der Waals surface area contributed by atoms with E-state index in [1.165, 1.54) is 6.42 Å². The van der Waals surface area contributed by atoms with Crippen molar-refractivity contribution in [2.24, 2.45) is 5.92 Å². The first-order valence-electron chi connectivity index (χ1n) is 12.4. The van der Waals surface area contributed by atoms with E-state index >= 15 is 0 Å². The monoisotopic (exact) mass is 491 g/mol. The highest BCUT2D eigenvalue weighted by Crippen LogP contribution is 2.22. The number of anilines is 1. The lowest BCUT2D eigenvalue weighted by atomic mass is 9.97. The second-order valence-corrected chi connectivity index (χ2v) is 10.0. The molecule has 1 atom stereocenters. The van der Waals surface area contributed by atoms with Crippen molar-refractivity contribution in [2.75, 3.05) is 50.7 Å². The first kappa shape index (κ1) is 23.7. The van der Waals surface area contributed by atoms with Gasteiger partial charge in [-0.25, -0.2) is 4.98 Å². The molecule has 2 fully saturated rings. The van der Waals surface area contributed by atoms with Crippen molar-refractivity contribution in [3.63, 3.8) is 0 Å². The van der Waals surface area contributed by atoms with Crippen molar-refractivity contribution < 1.29 is 4.79 Å². The van der Waals surface area contributed by atoms with E-state index in [-0.39, 0.29) is 12.5 Å². The molecule has 2 aromatic heterocycles. The van der Waals surface area contributed by atoms with Crippen LogP contribution in [0.3, 0.4) is 0 Å². The van der Waals surface area contributed by atoms with Crippen LogP contribution in [0.15, 0.2) is 48.7 Å². The maximum atomic E-state index is 13.3. The van der Waals surface area contributed by atoms with Crippen molar-refractivity contribution in [3.05, 3.63) is 59.0 Å². The van der Waals surface area contributed by atoms with Crippen LogP contribution >= 0.6 is 12.2 Å². The molecule has 1 N–H and O–H groups in total. The standard InChI is InChI=1S/C26H33N7OS/c1-20-6-4-8-22(16-20)25-28-29-26(35)33(25)19-24(34)32-11-5-7-21(18-32)17-30-12-14-31(15-13-30)23-9-2-3-10-27-23/h2-4,6,8-10,16,21H,5,7,11-15,17-19H2,1H3,(H,29,35). The summed E-state index contributed by atoms with van der Waals surface area (Å²) < 4.78 is 2.31. The number of piperidine rings is 1. The largest absolute Gasteiger partial charge is 0.354 e. The molecule has 0 bridgehead atoms. The molecule has 2 aliphatic rings. The zero-order valence-electron chi connectivity index (χ0n) is 20.3. The van der Waals surface area contributed by atoms with Crippen LogP contribution < -0.4 is 4.90 Å². The number of amides is 1. The van der Waals surface area contributed by atoms with Crippen molar-refractivity contribution >= 4 is 23.9 Å². The molecular weight excluding hydrogens is 458 g/mol. The van der Waals surface area contributed by atoms with Gasteiger partial charge in [-0.15, -0.1) is 0 Å². The van der Waals surface area contributed by atoms with Crippen molar-refractivity contribution in [2.45, 2.75) is 26.3 Å². The van der Waals surface area contributed by atoms with Gasteiger partial charge < -0.3 is 9.80 Å². The Morgan fingerprint density at radius 2 is 1.97 bits per heavy atom. The summed E-state index contributed by atoms with van der Waals surface area (Å²) in [5, 5.41) is 7.28. The van der Waals surface area contributed by atoms with E-state index in [2.05, 4.69) is 37.1 Å². The molecule has 4 heterocycles. The summed E-state index contributed by atoms with van der Waals surface area (Å²) in [7, 11) is 0. The summed E-state index contributed by atoms with van der Waals surface area (Å²) in [6, 6.07) is 14.2. The Labute approximate surface area is 211 Å². The fourth-order valence-corrected chi connectivity index (χ4v) is 5.41. The van der Waals surface area contributed by atoms with Crippen LogP contribution in [0.4, 0.5) is 5.82 Å². The van der Waals surface area contributed by atoms with E-state index in [4.69, 9.17) is 12.2 Å². The highest BCUT2D eigenvalue weighted by Gasteiger charge is 2.27. The molecule has 3 aromatic rings. The Morgan fingerprint density at radius 1 is 1.11 bits per heavy atom. The summed E-state index contributed by atoms with van der Waals surface area (Å²) in [5.41, 5.74) is 2.11. The minimum absolute atomic E-state index is 0.112. The second-order valence-electron chi connectivity index (χ2n) is 9.63. The zero-order chi connectivity index (χ0) is 24.2. The van der Waals surface area contributed by atoms with E-state index < -0.39 is 0 Å². The molecule has 184 valence electrons. The topological polar surface area (TPSA) is 73.3 Å². The van der Waals surface area contributed by atoms with Gasteiger partial charge in [0.25, 0.3) is 0 Å². The SMILES string of the molecule is Cc1cccc(-c2n[nH]c(=S)n2CC(=O)N2CCCC(CN3CCN(c4ccccn4)CC3)C2)c1. The van der Waals surface area contributed by atoms with Gasteiger partial charge in [-0.1, -0.05) is 29.8 Å². The first-order chi connectivity index (χ1) is 17.1. The Hall–Kier alpha value is -3.04. The number of piperazine rings is 1. The predicted octanol–water partition coefficient (Wildman–Crippen LogP) is 3.37. The van der Waals surface area contributed by atoms with Crippen LogP contribution in [0.25, 0.3) is 11.4 Å². The number of rotatable bonds is 6. The molecule has 2 aliphatic heterocycles. The first-order valence-corrected chi connectivity index (χ1v) is 12.9. The lowest BCUT2D eigenvalue weighted by Gasteiger charge is -2.39. The second kappa shape index (κ2) is 10.7. The smallest absolute Gasteiger partial charge is 0.242 e. The van der Waals surface area contributed by atoms with Gasteiger partial charge in [-0.3, -0.25) is 19.4 Å². The van der Waals surface area contributed by atoms with Gasteiger partial charge >= 0.3 is 0 Å². The number of hydrogen-bond donors (Lipinski definition) is 1. The van der Waals surface area contributed by atoms with Gasteiger partial charge in [-0.05, 0) is 56.1 Å². The summed E-state index contributed by atoms with van der Waals surface area (Å²) in [5.74, 6) is 2.39. The highest BCUT2D eigenvalue weighted by atomic mass is 32.1. The molecule has 35 heavy (non-hydrogen) atoms. The number of nitrogens with one attached hydrogen (secondary N) is 1. The molecule has 1 amide bonds. The number of nitrogens with zero attached hydrogens (tertiary/aromatic N) is 6. The van der Waals surface area contributed by atoms with Gasteiger partial charge in [-0.2, -0.15) is 5.10 Å². The average Bonchev–Trinajstić information content (AvgIpc) is 3.25. The number of benzene rings is 1. The van der Waals surface area contributed by atoms with E-state index in [0.29, 0.717) is 16.5 Å². The number of H-pyrrole nitrogens is 1. The lowest BCUT2D eigenvalue weighted by molar-refractivity contribution is -0.133. The number of carbonyl (C=O) groups excluding carboxylic acids is 1. The molecule has 0 spiro atoms. The third kappa shape index (κ3) is 5.62. The Kier molecular flexibility index (Phi) is 7.24. The fourth-order valence-electron chi connectivity index (χ4n) is 5.21. The van der Waals surface area contributed by atoms with Crippen molar-refractivity contribution in [1.29, 1.82) is 0 Å². The average molecular weight is 492 g/mol. The van der Waals surface area contributed by atoms with Gasteiger partial charge in [0.1, 0.15) is 12.4 Å². The van der Waals surface area contributed by atoms with E-state index in [1.54, 1.807) is 0 Å². The normalized spacial score (nSPS) is 19.2. The Balaban J connectivity index is 1.17. The van der Waals surface area contributed by atoms with E-state index in [1.807, 2.05) is 52.9 Å². The summed E-state index contributed by atoms with van der Waals surface area (Å²) in [4.78, 5) is 24.7. The minimum Gasteiger partial charge on any atom is -0.354 e. The number of carbonyl (C=O) groups is 1. The van der Waals surface area contributed by atoms with Crippen LogP contribution in [-0.4, -0.2) is 81.3 Å². The third-order valence-corrected chi connectivity index (χ3v) is 7.37. The number of aromatic nitrogens is 4. The fraction of sp³-hybridized carbons (Fsp3) is 0.462. The minimum atomic E-state index is 0.112. The summed E-state index contributed by atoms with van der Waals surface area (Å²) in [6.07, 6.45) is 4.08. The molecule has 5 rings (SSSR count). The van der Waals surface area contributed by atoms with Gasteiger partial charge in [0, 0.05) is 57.6 Å². The Bertz CT molecular complexity index is 1200. The number of likely N-dealkylation sites (tertiary alicyclic amines) is 1. The van der Waals surface area contributed by atoms with Crippen molar-refractivity contribution in [3.8, 4) is 11.4 Å². The molecular formula is C26H33N7OS. The zero-order valence-corrected chi connectivity index (χ0v) is 21.1. The summed E-state index contributed by atoms with van der Waals surface area (Å²) >= 11 is 5.46. The number of aromatic amines is 1.